The van der Waals surface area contributed by atoms with Gasteiger partial charge in [-0.3, -0.25) is 25.2 Å². The Kier molecular flexibility index (Phi) is 5.33. The molecule has 0 bridgehead atoms. The van der Waals surface area contributed by atoms with Crippen molar-refractivity contribution < 1.29 is 9.59 Å². The molecule has 4 rings (SSSR count). The van der Waals surface area contributed by atoms with E-state index in [0.29, 0.717) is 25.6 Å². The van der Waals surface area contributed by atoms with Crippen molar-refractivity contribution in [2.24, 2.45) is 10.9 Å². The minimum atomic E-state index is -0.199. The average Bonchev–Trinajstić information content (AvgIpc) is 3.17. The average molecular weight is 371 g/mol. The number of benzene rings is 1. The molecular weight excluding hydrogens is 346 g/mol. The third kappa shape index (κ3) is 4.26. The third-order valence-electron chi connectivity index (χ3n) is 5.16. The summed E-state index contributed by atoms with van der Waals surface area (Å²) < 4.78 is 0. The zero-order valence-electron chi connectivity index (χ0n) is 15.1. The summed E-state index contributed by atoms with van der Waals surface area (Å²) in [4.78, 5) is 33.1. The summed E-state index contributed by atoms with van der Waals surface area (Å²) in [5.74, 6) is 0.513. The number of guanidine groups is 1. The van der Waals surface area contributed by atoms with Crippen LogP contribution in [-0.2, 0) is 16.1 Å². The highest BCUT2D eigenvalue weighted by molar-refractivity contribution is 6.00. The van der Waals surface area contributed by atoms with Crippen molar-refractivity contribution in [2.45, 2.75) is 12.7 Å². The Morgan fingerprint density at radius 2 is 1.96 bits per heavy atom. The Bertz CT molecular complexity index is 716. The lowest BCUT2D eigenvalue weighted by Crippen LogP contribution is -2.58. The minimum Gasteiger partial charge on any atom is -0.351 e. The summed E-state index contributed by atoms with van der Waals surface area (Å²) in [6.45, 7) is 4.51. The second-order valence-electron chi connectivity index (χ2n) is 7.04. The lowest BCUT2D eigenvalue weighted by molar-refractivity contribution is -0.124. The Hall–Kier alpha value is -2.49. The molecule has 9 heteroatoms. The predicted octanol–water partition coefficient (Wildman–Crippen LogP) is -1.54. The smallest absolute Gasteiger partial charge is 0.234 e. The highest BCUT2D eigenvalue weighted by Crippen LogP contribution is 2.15. The fourth-order valence-corrected chi connectivity index (χ4v) is 3.54. The van der Waals surface area contributed by atoms with Crippen LogP contribution >= 0.6 is 0 Å². The number of aliphatic imine (C=N–C) groups is 1. The molecule has 144 valence electrons. The van der Waals surface area contributed by atoms with Gasteiger partial charge in [0.1, 0.15) is 6.17 Å². The number of piperazine rings is 1. The van der Waals surface area contributed by atoms with Crippen molar-refractivity contribution in [3.05, 3.63) is 35.9 Å². The molecular formula is C18H25N7O2. The molecule has 2 atom stereocenters. The molecule has 27 heavy (non-hydrogen) atoms. The van der Waals surface area contributed by atoms with Crippen LogP contribution < -0.4 is 21.5 Å². The molecule has 2 unspecified atom stereocenters. The van der Waals surface area contributed by atoms with Gasteiger partial charge >= 0.3 is 0 Å². The van der Waals surface area contributed by atoms with Gasteiger partial charge in [0.2, 0.25) is 17.8 Å². The lowest BCUT2D eigenvalue weighted by atomic mass is 10.1. The second-order valence-corrected chi connectivity index (χ2v) is 7.04. The van der Waals surface area contributed by atoms with Crippen molar-refractivity contribution in [3.63, 3.8) is 0 Å². The van der Waals surface area contributed by atoms with E-state index in [0.717, 1.165) is 31.7 Å². The van der Waals surface area contributed by atoms with Crippen LogP contribution in [0.3, 0.4) is 0 Å². The minimum absolute atomic E-state index is 0.00483. The van der Waals surface area contributed by atoms with Crippen molar-refractivity contribution in [1.82, 2.24) is 31.3 Å². The van der Waals surface area contributed by atoms with Gasteiger partial charge in [0.25, 0.3) is 0 Å². The number of amides is 2. The quantitative estimate of drug-likeness (QED) is 0.512. The first kappa shape index (κ1) is 17.9. The number of rotatable bonds is 4. The molecule has 0 saturated carbocycles. The number of fused-ring (bicyclic) bond motifs is 1. The van der Waals surface area contributed by atoms with E-state index in [1.54, 1.807) is 0 Å². The van der Waals surface area contributed by atoms with Gasteiger partial charge in [0.05, 0.1) is 12.5 Å². The van der Waals surface area contributed by atoms with E-state index < -0.39 is 0 Å². The van der Waals surface area contributed by atoms with Gasteiger partial charge in [-0.2, -0.15) is 0 Å². The van der Waals surface area contributed by atoms with Gasteiger partial charge in [-0.15, -0.1) is 0 Å². The molecule has 4 N–H and O–H groups in total. The maximum absolute atomic E-state index is 12.2. The Morgan fingerprint density at radius 3 is 2.74 bits per heavy atom. The predicted molar refractivity (Wildman–Crippen MR) is 100 cm³/mol. The van der Waals surface area contributed by atoms with Crippen LogP contribution in [0.2, 0.25) is 0 Å². The van der Waals surface area contributed by atoms with Crippen molar-refractivity contribution in [2.75, 3.05) is 39.3 Å². The van der Waals surface area contributed by atoms with Gasteiger partial charge in [-0.25, -0.2) is 10.4 Å². The van der Waals surface area contributed by atoms with Crippen LogP contribution in [0.25, 0.3) is 0 Å². The van der Waals surface area contributed by atoms with Crippen molar-refractivity contribution in [3.8, 4) is 0 Å². The van der Waals surface area contributed by atoms with Crippen LogP contribution in [0.5, 0.6) is 0 Å². The Balaban J connectivity index is 1.23. The topological polar surface area (TPSA) is 101 Å². The molecule has 3 heterocycles. The zero-order valence-corrected chi connectivity index (χ0v) is 15.1. The fourth-order valence-electron chi connectivity index (χ4n) is 3.54. The summed E-state index contributed by atoms with van der Waals surface area (Å²) in [7, 11) is 0. The highest BCUT2D eigenvalue weighted by atomic mass is 16.2. The van der Waals surface area contributed by atoms with E-state index in [1.165, 1.54) is 0 Å². The number of hydrogen-bond acceptors (Lipinski definition) is 7. The maximum atomic E-state index is 12.2. The van der Waals surface area contributed by atoms with Crippen LogP contribution in [0, 0.1) is 5.92 Å². The van der Waals surface area contributed by atoms with Gasteiger partial charge in [-0.1, -0.05) is 30.3 Å². The SMILES string of the molecule is O=C(CN1CCN(C2=NC3NNCC3C(=O)N2)CC1)NCc1ccccc1. The van der Waals surface area contributed by atoms with E-state index in [9.17, 15) is 9.59 Å². The summed E-state index contributed by atoms with van der Waals surface area (Å²) in [6, 6.07) is 9.89. The molecule has 2 saturated heterocycles. The molecule has 9 nitrogen and oxygen atoms in total. The van der Waals surface area contributed by atoms with E-state index in [1.807, 2.05) is 30.3 Å². The van der Waals surface area contributed by atoms with Crippen LogP contribution in [-0.4, -0.2) is 73.0 Å². The Morgan fingerprint density at radius 1 is 1.19 bits per heavy atom. The van der Waals surface area contributed by atoms with Gasteiger partial charge in [0, 0.05) is 39.3 Å². The largest absolute Gasteiger partial charge is 0.351 e. The van der Waals surface area contributed by atoms with E-state index >= 15 is 0 Å². The van der Waals surface area contributed by atoms with Crippen molar-refractivity contribution in [1.29, 1.82) is 0 Å². The third-order valence-corrected chi connectivity index (χ3v) is 5.16. The summed E-state index contributed by atoms with van der Waals surface area (Å²) >= 11 is 0. The molecule has 0 spiro atoms. The summed E-state index contributed by atoms with van der Waals surface area (Å²) in [5, 5.41) is 5.87. The molecule has 0 aromatic heterocycles. The molecule has 2 fully saturated rings. The van der Waals surface area contributed by atoms with E-state index in [2.05, 4.69) is 36.3 Å². The van der Waals surface area contributed by atoms with Crippen LogP contribution in [0.15, 0.2) is 35.3 Å². The number of nitrogens with one attached hydrogen (secondary N) is 4. The van der Waals surface area contributed by atoms with Crippen LogP contribution in [0.1, 0.15) is 5.56 Å². The molecule has 3 aliphatic heterocycles. The first-order valence-electron chi connectivity index (χ1n) is 9.34. The van der Waals surface area contributed by atoms with Crippen molar-refractivity contribution >= 4 is 17.8 Å². The first-order chi connectivity index (χ1) is 13.2. The standard InChI is InChI=1S/C18H25N7O2/c26-15(19-10-13-4-2-1-3-5-13)12-24-6-8-25(9-7-24)18-21-16-14(11-20-23-16)17(27)22-18/h1-5,14,16,20,23H,6-12H2,(H,19,26)(H,21,22,27). The number of carbonyl (C=O) groups excluding carboxylic acids is 2. The number of hydrazine groups is 1. The summed E-state index contributed by atoms with van der Waals surface area (Å²) in [6.07, 6.45) is -0.199. The first-order valence-corrected chi connectivity index (χ1v) is 9.34. The monoisotopic (exact) mass is 371 g/mol. The summed E-state index contributed by atoms with van der Waals surface area (Å²) in [5.41, 5.74) is 7.11. The number of carbonyl (C=O) groups is 2. The zero-order chi connectivity index (χ0) is 18.6. The molecule has 1 aromatic rings. The van der Waals surface area contributed by atoms with Crippen LogP contribution in [0.4, 0.5) is 0 Å². The molecule has 3 aliphatic rings. The molecule has 2 amide bonds. The van der Waals surface area contributed by atoms with E-state index in [4.69, 9.17) is 0 Å². The Labute approximate surface area is 158 Å². The highest BCUT2D eigenvalue weighted by Gasteiger charge is 2.38. The van der Waals surface area contributed by atoms with Gasteiger partial charge in [0.15, 0.2) is 0 Å². The second kappa shape index (κ2) is 8.03. The number of nitrogens with zero attached hydrogens (tertiary/aromatic N) is 3. The maximum Gasteiger partial charge on any atom is 0.234 e. The normalized spacial score (nSPS) is 25.6. The fraction of sp³-hybridized carbons (Fsp3) is 0.500. The molecule has 1 aromatic carbocycles. The number of hydrogen-bond donors (Lipinski definition) is 4. The van der Waals surface area contributed by atoms with Gasteiger partial charge < -0.3 is 10.2 Å². The van der Waals surface area contributed by atoms with E-state index in [-0.39, 0.29) is 23.9 Å². The van der Waals surface area contributed by atoms with Gasteiger partial charge in [-0.05, 0) is 5.56 Å². The molecule has 0 radical (unpaired) electrons. The lowest BCUT2D eigenvalue weighted by Gasteiger charge is -2.37. The molecule has 0 aliphatic carbocycles.